The fourth-order valence-corrected chi connectivity index (χ4v) is 2.47. The van der Waals surface area contributed by atoms with Crippen molar-refractivity contribution in [1.29, 1.82) is 0 Å². The SMILES string of the molecule is CCOc1ccc(OCc2ccc(C(=O)NNC(C)=C3CC3)cc2)cc1. The number of hydrogen-bond acceptors (Lipinski definition) is 4. The average molecular weight is 352 g/mol. The van der Waals surface area contributed by atoms with E-state index in [2.05, 4.69) is 10.9 Å². The molecule has 0 atom stereocenters. The molecular formula is C21H24N2O3. The largest absolute Gasteiger partial charge is 0.494 e. The summed E-state index contributed by atoms with van der Waals surface area (Å²) in [6, 6.07) is 14.9. The molecule has 5 nitrogen and oxygen atoms in total. The maximum absolute atomic E-state index is 12.1. The molecule has 0 radical (unpaired) electrons. The van der Waals surface area contributed by atoms with E-state index in [0.29, 0.717) is 18.8 Å². The topological polar surface area (TPSA) is 59.6 Å². The molecule has 1 saturated carbocycles. The molecule has 0 heterocycles. The lowest BCUT2D eigenvalue weighted by Crippen LogP contribution is -2.36. The van der Waals surface area contributed by atoms with Crippen LogP contribution in [0.25, 0.3) is 0 Å². The maximum atomic E-state index is 12.1. The predicted molar refractivity (Wildman–Crippen MR) is 101 cm³/mol. The number of benzene rings is 2. The number of hydrazine groups is 1. The van der Waals surface area contributed by atoms with Gasteiger partial charge in [-0.1, -0.05) is 12.1 Å². The van der Waals surface area contributed by atoms with Crippen molar-refractivity contribution in [3.63, 3.8) is 0 Å². The highest BCUT2D eigenvalue weighted by atomic mass is 16.5. The highest BCUT2D eigenvalue weighted by Gasteiger charge is 2.15. The van der Waals surface area contributed by atoms with Crippen molar-refractivity contribution in [2.75, 3.05) is 6.61 Å². The summed E-state index contributed by atoms with van der Waals surface area (Å²) >= 11 is 0. The zero-order valence-corrected chi connectivity index (χ0v) is 15.2. The molecule has 26 heavy (non-hydrogen) atoms. The van der Waals surface area contributed by atoms with Gasteiger partial charge in [-0.25, -0.2) is 0 Å². The number of amides is 1. The van der Waals surface area contributed by atoms with Crippen LogP contribution in [0.15, 0.2) is 59.8 Å². The van der Waals surface area contributed by atoms with Gasteiger partial charge in [-0.2, -0.15) is 0 Å². The lowest BCUT2D eigenvalue weighted by Gasteiger charge is -2.10. The molecule has 2 aromatic carbocycles. The van der Waals surface area contributed by atoms with Crippen LogP contribution in [-0.4, -0.2) is 12.5 Å². The molecule has 3 rings (SSSR count). The van der Waals surface area contributed by atoms with Gasteiger partial charge in [-0.15, -0.1) is 0 Å². The van der Waals surface area contributed by atoms with Crippen molar-refractivity contribution in [3.8, 4) is 11.5 Å². The fourth-order valence-electron chi connectivity index (χ4n) is 2.47. The second-order valence-electron chi connectivity index (χ2n) is 6.20. The summed E-state index contributed by atoms with van der Waals surface area (Å²) in [5, 5.41) is 0. The van der Waals surface area contributed by atoms with Crippen molar-refractivity contribution in [1.82, 2.24) is 10.9 Å². The molecule has 1 amide bonds. The molecule has 0 spiro atoms. The van der Waals surface area contributed by atoms with Crippen LogP contribution in [0, 0.1) is 0 Å². The van der Waals surface area contributed by atoms with Gasteiger partial charge in [0.25, 0.3) is 5.91 Å². The lowest BCUT2D eigenvalue weighted by atomic mass is 10.1. The Morgan fingerprint density at radius 3 is 2.12 bits per heavy atom. The molecule has 0 saturated heterocycles. The van der Waals surface area contributed by atoms with Crippen LogP contribution in [0.4, 0.5) is 0 Å². The molecule has 0 aromatic heterocycles. The number of rotatable bonds is 8. The zero-order chi connectivity index (χ0) is 18.4. The fraction of sp³-hybridized carbons (Fsp3) is 0.286. The normalized spacial score (nSPS) is 12.3. The molecule has 1 aliphatic rings. The second kappa shape index (κ2) is 8.43. The van der Waals surface area contributed by atoms with Crippen LogP contribution in [0.3, 0.4) is 0 Å². The minimum Gasteiger partial charge on any atom is -0.494 e. The first kappa shape index (κ1) is 17.9. The third-order valence-corrected chi connectivity index (χ3v) is 4.15. The maximum Gasteiger partial charge on any atom is 0.269 e. The van der Waals surface area contributed by atoms with E-state index in [4.69, 9.17) is 9.47 Å². The molecule has 2 N–H and O–H groups in total. The van der Waals surface area contributed by atoms with E-state index in [1.54, 1.807) is 12.1 Å². The highest BCUT2D eigenvalue weighted by molar-refractivity contribution is 5.93. The van der Waals surface area contributed by atoms with Crippen LogP contribution >= 0.6 is 0 Å². The van der Waals surface area contributed by atoms with Crippen molar-refractivity contribution in [3.05, 3.63) is 70.9 Å². The summed E-state index contributed by atoms with van der Waals surface area (Å²) < 4.78 is 11.2. The number of allylic oxidation sites excluding steroid dienone is 2. The van der Waals surface area contributed by atoms with Crippen LogP contribution in [0.2, 0.25) is 0 Å². The van der Waals surface area contributed by atoms with E-state index in [1.165, 1.54) is 5.57 Å². The zero-order valence-electron chi connectivity index (χ0n) is 15.2. The molecule has 2 aromatic rings. The second-order valence-corrected chi connectivity index (χ2v) is 6.20. The van der Waals surface area contributed by atoms with Crippen molar-refractivity contribution >= 4 is 5.91 Å². The first-order valence-corrected chi connectivity index (χ1v) is 8.85. The summed E-state index contributed by atoms with van der Waals surface area (Å²) in [7, 11) is 0. The van der Waals surface area contributed by atoms with E-state index < -0.39 is 0 Å². The van der Waals surface area contributed by atoms with Crippen molar-refractivity contribution in [2.24, 2.45) is 0 Å². The Bertz CT molecular complexity index is 774. The Morgan fingerprint density at radius 1 is 0.923 bits per heavy atom. The van der Waals surface area contributed by atoms with E-state index in [0.717, 1.165) is 35.6 Å². The molecule has 1 aliphatic carbocycles. The minimum atomic E-state index is -0.149. The summed E-state index contributed by atoms with van der Waals surface area (Å²) in [6.45, 7) is 5.02. The average Bonchev–Trinajstić information content (AvgIpc) is 3.51. The summed E-state index contributed by atoms with van der Waals surface area (Å²) in [6.07, 6.45) is 2.25. The van der Waals surface area contributed by atoms with Gasteiger partial charge in [0, 0.05) is 11.3 Å². The predicted octanol–water partition coefficient (Wildman–Crippen LogP) is 3.97. The third-order valence-electron chi connectivity index (χ3n) is 4.15. The number of hydrogen-bond donors (Lipinski definition) is 2. The van der Waals surface area contributed by atoms with Gasteiger partial charge in [0.15, 0.2) is 0 Å². The quantitative estimate of drug-likeness (QED) is 0.706. The first-order chi connectivity index (χ1) is 12.7. The number of ether oxygens (including phenoxy) is 2. The van der Waals surface area contributed by atoms with Gasteiger partial charge in [-0.3, -0.25) is 10.2 Å². The van der Waals surface area contributed by atoms with Gasteiger partial charge in [0.05, 0.1) is 6.61 Å². The van der Waals surface area contributed by atoms with Crippen LogP contribution in [0.1, 0.15) is 42.6 Å². The summed E-state index contributed by atoms with van der Waals surface area (Å²) in [4.78, 5) is 12.1. The number of nitrogens with one attached hydrogen (secondary N) is 2. The van der Waals surface area contributed by atoms with Crippen LogP contribution < -0.4 is 20.3 Å². The van der Waals surface area contributed by atoms with Gasteiger partial charge >= 0.3 is 0 Å². The Kier molecular flexibility index (Phi) is 5.79. The molecular weight excluding hydrogens is 328 g/mol. The molecule has 1 fully saturated rings. The Balaban J connectivity index is 1.49. The van der Waals surface area contributed by atoms with Gasteiger partial charge in [0.1, 0.15) is 18.1 Å². The van der Waals surface area contributed by atoms with Gasteiger partial charge in [-0.05, 0) is 74.2 Å². The Hall–Kier alpha value is -2.95. The molecule has 136 valence electrons. The summed E-state index contributed by atoms with van der Waals surface area (Å²) in [5.41, 5.74) is 9.70. The van der Waals surface area contributed by atoms with E-state index in [9.17, 15) is 4.79 Å². The Morgan fingerprint density at radius 2 is 1.54 bits per heavy atom. The highest BCUT2D eigenvalue weighted by Crippen LogP contribution is 2.29. The lowest BCUT2D eigenvalue weighted by molar-refractivity contribution is 0.0938. The standard InChI is InChI=1S/C21H24N2O3/c1-3-25-19-10-12-20(13-11-19)26-14-16-4-6-18(7-5-16)21(24)23-22-15(2)17-8-9-17/h4-7,10-13,22H,3,8-9,14H2,1-2H3,(H,23,24). The third kappa shape index (κ3) is 5.02. The van der Waals surface area contributed by atoms with E-state index >= 15 is 0 Å². The van der Waals surface area contributed by atoms with E-state index in [1.807, 2.05) is 50.2 Å². The number of carbonyl (C=O) groups excluding carboxylic acids is 1. The Labute approximate surface area is 154 Å². The van der Waals surface area contributed by atoms with E-state index in [-0.39, 0.29) is 5.91 Å². The monoisotopic (exact) mass is 352 g/mol. The van der Waals surface area contributed by atoms with Crippen molar-refractivity contribution < 1.29 is 14.3 Å². The smallest absolute Gasteiger partial charge is 0.269 e. The van der Waals surface area contributed by atoms with Gasteiger partial charge < -0.3 is 14.9 Å². The molecule has 0 unspecified atom stereocenters. The minimum absolute atomic E-state index is 0.149. The number of carbonyl (C=O) groups is 1. The van der Waals surface area contributed by atoms with Crippen LogP contribution in [0.5, 0.6) is 11.5 Å². The van der Waals surface area contributed by atoms with Gasteiger partial charge in [0.2, 0.25) is 0 Å². The molecule has 0 bridgehead atoms. The summed E-state index contributed by atoms with van der Waals surface area (Å²) in [5.74, 6) is 1.46. The van der Waals surface area contributed by atoms with Crippen LogP contribution in [-0.2, 0) is 6.61 Å². The first-order valence-electron chi connectivity index (χ1n) is 8.85. The molecule has 5 heteroatoms. The molecule has 0 aliphatic heterocycles. The van der Waals surface area contributed by atoms with Crippen molar-refractivity contribution in [2.45, 2.75) is 33.3 Å².